The fourth-order valence-electron chi connectivity index (χ4n) is 3.07. The molecule has 1 N–H and O–H groups in total. The number of carbonyl (C=O) groups excluding carboxylic acids is 1. The Balaban J connectivity index is 2.04. The number of rotatable bonds is 3. The quantitative estimate of drug-likeness (QED) is 0.695. The number of aromatic nitrogens is 2. The molecule has 0 spiro atoms. The molecular formula is C16H18N4O3. The van der Waals surface area contributed by atoms with E-state index < -0.39 is 4.92 Å². The minimum Gasteiger partial charge on any atom is -0.340 e. The summed E-state index contributed by atoms with van der Waals surface area (Å²) in [5.41, 5.74) is 1.24. The van der Waals surface area contributed by atoms with Gasteiger partial charge in [0.2, 0.25) is 0 Å². The van der Waals surface area contributed by atoms with Gasteiger partial charge in [-0.25, -0.2) is 9.78 Å². The topological polar surface area (TPSA) is 90.1 Å². The van der Waals surface area contributed by atoms with Crippen LogP contribution in [0.2, 0.25) is 0 Å². The third kappa shape index (κ3) is 2.94. The lowest BCUT2D eigenvalue weighted by atomic mass is 10.1. The van der Waals surface area contributed by atoms with Crippen LogP contribution in [0.25, 0.3) is 11.3 Å². The van der Waals surface area contributed by atoms with Crippen LogP contribution in [0.3, 0.4) is 0 Å². The molecule has 1 aliphatic carbocycles. The minimum atomic E-state index is -0.433. The number of non-ortho nitro benzene ring substituents is 1. The SMILES string of the molecule is CNC(=O)n1cc(-c2cccc([N+](=O)[O-])c2)nc1C1CCCC1. The van der Waals surface area contributed by atoms with E-state index >= 15 is 0 Å². The average molecular weight is 314 g/mol. The smallest absolute Gasteiger partial charge is 0.326 e. The molecule has 0 saturated heterocycles. The van der Waals surface area contributed by atoms with Gasteiger partial charge in [0.25, 0.3) is 5.69 Å². The van der Waals surface area contributed by atoms with E-state index in [1.54, 1.807) is 25.4 Å². The van der Waals surface area contributed by atoms with E-state index in [9.17, 15) is 14.9 Å². The number of benzene rings is 1. The Hall–Kier alpha value is -2.70. The number of hydrogen-bond donors (Lipinski definition) is 1. The van der Waals surface area contributed by atoms with Crippen molar-refractivity contribution in [2.75, 3.05) is 7.05 Å². The molecule has 0 radical (unpaired) electrons. The summed E-state index contributed by atoms with van der Waals surface area (Å²) in [6.07, 6.45) is 5.96. The molecular weight excluding hydrogens is 296 g/mol. The third-order valence-corrected chi connectivity index (χ3v) is 4.24. The summed E-state index contributed by atoms with van der Waals surface area (Å²) in [6.45, 7) is 0. The fraction of sp³-hybridized carbons (Fsp3) is 0.375. The normalized spacial score (nSPS) is 14.8. The van der Waals surface area contributed by atoms with Crippen molar-refractivity contribution in [1.82, 2.24) is 14.9 Å². The predicted molar refractivity (Wildman–Crippen MR) is 85.4 cm³/mol. The summed E-state index contributed by atoms with van der Waals surface area (Å²) >= 11 is 0. The Labute approximate surface area is 133 Å². The van der Waals surface area contributed by atoms with Crippen LogP contribution in [0.1, 0.15) is 37.4 Å². The fourth-order valence-corrected chi connectivity index (χ4v) is 3.07. The monoisotopic (exact) mass is 314 g/mol. The van der Waals surface area contributed by atoms with Crippen molar-refractivity contribution >= 4 is 11.7 Å². The molecule has 2 aromatic rings. The molecule has 1 heterocycles. The molecule has 7 heteroatoms. The maximum absolute atomic E-state index is 12.1. The molecule has 3 rings (SSSR count). The number of imidazole rings is 1. The van der Waals surface area contributed by atoms with E-state index in [4.69, 9.17) is 0 Å². The maximum Gasteiger partial charge on any atom is 0.326 e. The molecule has 0 aliphatic heterocycles. The number of amides is 1. The first-order valence-electron chi connectivity index (χ1n) is 7.66. The molecule has 120 valence electrons. The molecule has 0 unspecified atom stereocenters. The van der Waals surface area contributed by atoms with Crippen molar-refractivity contribution in [3.05, 3.63) is 46.4 Å². The first kappa shape index (κ1) is 15.2. The van der Waals surface area contributed by atoms with Crippen molar-refractivity contribution in [3.8, 4) is 11.3 Å². The second-order valence-electron chi connectivity index (χ2n) is 5.70. The first-order valence-corrected chi connectivity index (χ1v) is 7.66. The van der Waals surface area contributed by atoms with E-state index in [2.05, 4.69) is 10.3 Å². The summed E-state index contributed by atoms with van der Waals surface area (Å²) in [4.78, 5) is 27.2. The highest BCUT2D eigenvalue weighted by Gasteiger charge is 2.25. The summed E-state index contributed by atoms with van der Waals surface area (Å²) in [6, 6.07) is 6.08. The number of carbonyl (C=O) groups is 1. The molecule has 1 aromatic carbocycles. The van der Waals surface area contributed by atoms with Crippen LogP contribution in [0.5, 0.6) is 0 Å². The summed E-state index contributed by atoms with van der Waals surface area (Å²) < 4.78 is 1.53. The van der Waals surface area contributed by atoms with Gasteiger partial charge in [-0.1, -0.05) is 25.0 Å². The Morgan fingerprint density at radius 2 is 2.13 bits per heavy atom. The molecule has 1 aliphatic rings. The molecule has 7 nitrogen and oxygen atoms in total. The summed E-state index contributed by atoms with van der Waals surface area (Å²) in [5.74, 6) is 1.00. The Morgan fingerprint density at radius 3 is 2.78 bits per heavy atom. The molecule has 1 saturated carbocycles. The van der Waals surface area contributed by atoms with Crippen molar-refractivity contribution in [3.63, 3.8) is 0 Å². The van der Waals surface area contributed by atoms with Gasteiger partial charge in [0.1, 0.15) is 5.82 Å². The van der Waals surface area contributed by atoms with E-state index in [1.165, 1.54) is 16.7 Å². The Bertz CT molecular complexity index is 748. The largest absolute Gasteiger partial charge is 0.340 e. The highest BCUT2D eigenvalue weighted by Crippen LogP contribution is 2.35. The lowest BCUT2D eigenvalue weighted by Crippen LogP contribution is -2.26. The third-order valence-electron chi connectivity index (χ3n) is 4.24. The number of nitrogens with one attached hydrogen (secondary N) is 1. The van der Waals surface area contributed by atoms with Gasteiger partial charge in [-0.15, -0.1) is 0 Å². The molecule has 0 bridgehead atoms. The van der Waals surface area contributed by atoms with E-state index in [1.807, 2.05) is 0 Å². The van der Waals surface area contributed by atoms with Crippen molar-refractivity contribution in [2.45, 2.75) is 31.6 Å². The van der Waals surface area contributed by atoms with Crippen molar-refractivity contribution in [2.24, 2.45) is 0 Å². The Morgan fingerprint density at radius 1 is 1.39 bits per heavy atom. The number of nitro benzene ring substituents is 1. The van der Waals surface area contributed by atoms with Crippen LogP contribution in [0.15, 0.2) is 30.5 Å². The maximum atomic E-state index is 12.1. The lowest BCUT2D eigenvalue weighted by Gasteiger charge is -2.10. The van der Waals surface area contributed by atoms with E-state index in [0.717, 1.165) is 31.5 Å². The van der Waals surface area contributed by atoms with Gasteiger partial charge in [0.15, 0.2) is 0 Å². The van der Waals surface area contributed by atoms with Crippen LogP contribution < -0.4 is 5.32 Å². The average Bonchev–Trinajstić information content (AvgIpc) is 3.23. The van der Waals surface area contributed by atoms with Crippen LogP contribution in [-0.4, -0.2) is 27.6 Å². The van der Waals surface area contributed by atoms with Crippen molar-refractivity contribution in [1.29, 1.82) is 0 Å². The zero-order valence-corrected chi connectivity index (χ0v) is 12.9. The first-order chi connectivity index (χ1) is 11.1. The number of nitrogens with zero attached hydrogens (tertiary/aromatic N) is 3. The van der Waals surface area contributed by atoms with Gasteiger partial charge in [0.05, 0.1) is 10.6 Å². The van der Waals surface area contributed by atoms with Gasteiger partial charge in [-0.2, -0.15) is 0 Å². The van der Waals surface area contributed by atoms with Gasteiger partial charge in [-0.05, 0) is 12.8 Å². The number of nitro groups is 1. The van der Waals surface area contributed by atoms with Crippen LogP contribution in [0, 0.1) is 10.1 Å². The minimum absolute atomic E-state index is 0.0133. The highest BCUT2D eigenvalue weighted by molar-refractivity contribution is 5.79. The molecule has 1 aromatic heterocycles. The van der Waals surface area contributed by atoms with E-state index in [0.29, 0.717) is 11.3 Å². The summed E-state index contributed by atoms with van der Waals surface area (Å²) in [7, 11) is 1.58. The second-order valence-corrected chi connectivity index (χ2v) is 5.70. The van der Waals surface area contributed by atoms with Gasteiger partial charge >= 0.3 is 6.03 Å². The van der Waals surface area contributed by atoms with Gasteiger partial charge < -0.3 is 5.32 Å². The highest BCUT2D eigenvalue weighted by atomic mass is 16.6. The predicted octanol–water partition coefficient (Wildman–Crippen LogP) is 3.30. The van der Waals surface area contributed by atoms with E-state index in [-0.39, 0.29) is 17.6 Å². The standard InChI is InChI=1S/C16H18N4O3/c1-17-16(21)19-10-14(18-15(19)11-5-2-3-6-11)12-7-4-8-13(9-12)20(22)23/h4,7-11H,2-3,5-6H2,1H3,(H,17,21). The van der Waals surface area contributed by atoms with Gasteiger partial charge in [0, 0.05) is 36.9 Å². The molecule has 1 amide bonds. The van der Waals surface area contributed by atoms with Crippen LogP contribution in [0.4, 0.5) is 10.5 Å². The lowest BCUT2D eigenvalue weighted by molar-refractivity contribution is -0.384. The van der Waals surface area contributed by atoms with Crippen LogP contribution >= 0.6 is 0 Å². The number of hydrogen-bond acceptors (Lipinski definition) is 4. The molecule has 23 heavy (non-hydrogen) atoms. The zero-order chi connectivity index (χ0) is 16.4. The van der Waals surface area contributed by atoms with Crippen LogP contribution in [-0.2, 0) is 0 Å². The second kappa shape index (κ2) is 6.20. The van der Waals surface area contributed by atoms with Gasteiger partial charge in [-0.3, -0.25) is 14.7 Å². The summed E-state index contributed by atoms with van der Waals surface area (Å²) in [5, 5.41) is 13.6. The van der Waals surface area contributed by atoms with Crippen molar-refractivity contribution < 1.29 is 9.72 Å². The molecule has 0 atom stereocenters. The Kier molecular flexibility index (Phi) is 4.10. The molecule has 1 fully saturated rings. The zero-order valence-electron chi connectivity index (χ0n) is 12.9.